The van der Waals surface area contributed by atoms with E-state index >= 15 is 0 Å². The monoisotopic (exact) mass is 237 g/mol. The van der Waals surface area contributed by atoms with Gasteiger partial charge in [-0.25, -0.2) is 4.39 Å². The van der Waals surface area contributed by atoms with E-state index in [1.165, 1.54) is 12.1 Å². The largest absolute Gasteiger partial charge is 0.272 e. The van der Waals surface area contributed by atoms with Gasteiger partial charge in [0.2, 0.25) is 0 Å². The first-order chi connectivity index (χ1) is 8.02. The van der Waals surface area contributed by atoms with Gasteiger partial charge in [0.15, 0.2) is 0 Å². The van der Waals surface area contributed by atoms with Crippen molar-refractivity contribution in [2.24, 2.45) is 0 Å². The molecule has 0 saturated carbocycles. The number of fused-ring (bicyclic) bond motifs is 1. The van der Waals surface area contributed by atoms with E-state index in [1.807, 2.05) is 13.8 Å². The molecule has 0 N–H and O–H groups in total. The molecule has 0 saturated heterocycles. The number of nitrogens with zero attached hydrogens (tertiary/aromatic N) is 1. The van der Waals surface area contributed by atoms with Gasteiger partial charge in [-0.15, -0.1) is 0 Å². The summed E-state index contributed by atoms with van der Waals surface area (Å²) in [5, 5.41) is 0. The molecule has 1 aromatic rings. The van der Waals surface area contributed by atoms with E-state index in [1.54, 1.807) is 13.8 Å². The Morgan fingerprint density at radius 2 is 1.59 bits per heavy atom. The highest BCUT2D eigenvalue weighted by molar-refractivity contribution is 6.21. The van der Waals surface area contributed by atoms with Gasteiger partial charge >= 0.3 is 0 Å². The van der Waals surface area contributed by atoms with Gasteiger partial charge in [0, 0.05) is 6.04 Å². The summed E-state index contributed by atoms with van der Waals surface area (Å²) < 4.78 is 12.9. The number of carbonyl (C=O) groups is 2. The first kappa shape index (κ1) is 13.4. The van der Waals surface area contributed by atoms with Crippen molar-refractivity contribution >= 4 is 11.8 Å². The Labute approximate surface area is 100 Å². The molecular weight excluding hydrogens is 221 g/mol. The molecule has 3 nitrogen and oxygen atoms in total. The van der Waals surface area contributed by atoms with Crippen LogP contribution in [0.5, 0.6) is 0 Å². The van der Waals surface area contributed by atoms with Crippen molar-refractivity contribution in [2.75, 3.05) is 0 Å². The molecule has 1 heterocycles. The fraction of sp³-hybridized carbons (Fsp3) is 0.385. The molecule has 0 fully saturated rings. The second-order valence-corrected chi connectivity index (χ2v) is 3.76. The summed E-state index contributed by atoms with van der Waals surface area (Å²) in [7, 11) is 0. The highest BCUT2D eigenvalue weighted by Crippen LogP contribution is 2.25. The van der Waals surface area contributed by atoms with Gasteiger partial charge in [-0.05, 0) is 32.0 Å². The number of carbonyl (C=O) groups excluding carboxylic acids is 2. The zero-order valence-electron chi connectivity index (χ0n) is 10.5. The summed E-state index contributed by atoms with van der Waals surface area (Å²) in [4.78, 5) is 24.6. The third-order valence-electron chi connectivity index (χ3n) is 2.40. The lowest BCUT2D eigenvalue weighted by Crippen LogP contribution is -2.35. The van der Waals surface area contributed by atoms with Crippen molar-refractivity contribution in [1.29, 1.82) is 0 Å². The molecule has 1 aromatic carbocycles. The predicted octanol–water partition coefficient (Wildman–Crippen LogP) is 2.86. The van der Waals surface area contributed by atoms with E-state index in [0.717, 1.165) is 11.0 Å². The van der Waals surface area contributed by atoms with Gasteiger partial charge in [-0.1, -0.05) is 13.8 Å². The third kappa shape index (κ3) is 2.20. The minimum Gasteiger partial charge on any atom is -0.272 e. The van der Waals surface area contributed by atoms with Crippen molar-refractivity contribution < 1.29 is 14.0 Å². The Hall–Kier alpha value is -1.71. The number of hydrogen-bond donors (Lipinski definition) is 0. The molecule has 0 aromatic heterocycles. The number of halogens is 1. The molecule has 1 aliphatic rings. The van der Waals surface area contributed by atoms with Crippen LogP contribution < -0.4 is 0 Å². The van der Waals surface area contributed by atoms with Gasteiger partial charge in [-0.2, -0.15) is 0 Å². The van der Waals surface area contributed by atoms with Crippen LogP contribution in [0.4, 0.5) is 4.39 Å². The number of imide groups is 1. The number of benzene rings is 1. The molecular formula is C13H16FNO2. The molecule has 0 atom stereocenters. The van der Waals surface area contributed by atoms with Crippen LogP contribution in [0.2, 0.25) is 0 Å². The van der Waals surface area contributed by atoms with E-state index in [2.05, 4.69) is 0 Å². The summed E-state index contributed by atoms with van der Waals surface area (Å²) in [6.45, 7) is 7.50. The van der Waals surface area contributed by atoms with E-state index < -0.39 is 11.7 Å². The summed E-state index contributed by atoms with van der Waals surface area (Å²) in [6, 6.07) is 3.44. The molecule has 0 radical (unpaired) electrons. The molecule has 0 bridgehead atoms. The second kappa shape index (κ2) is 5.08. The van der Waals surface area contributed by atoms with Crippen LogP contribution >= 0.6 is 0 Å². The van der Waals surface area contributed by atoms with Crippen LogP contribution in [0.15, 0.2) is 18.2 Å². The van der Waals surface area contributed by atoms with E-state index in [-0.39, 0.29) is 23.1 Å². The molecule has 92 valence electrons. The van der Waals surface area contributed by atoms with Crippen molar-refractivity contribution in [1.82, 2.24) is 4.90 Å². The maximum Gasteiger partial charge on any atom is 0.261 e. The smallest absolute Gasteiger partial charge is 0.261 e. The Morgan fingerprint density at radius 3 is 2.12 bits per heavy atom. The van der Waals surface area contributed by atoms with Gasteiger partial charge in [0.1, 0.15) is 5.82 Å². The summed E-state index contributed by atoms with van der Waals surface area (Å²) in [5.74, 6) is -1.25. The van der Waals surface area contributed by atoms with Crippen LogP contribution in [0.25, 0.3) is 0 Å². The average Bonchev–Trinajstić information content (AvgIpc) is 2.54. The van der Waals surface area contributed by atoms with E-state index in [0.29, 0.717) is 0 Å². The van der Waals surface area contributed by atoms with E-state index in [9.17, 15) is 14.0 Å². The Morgan fingerprint density at radius 1 is 1.06 bits per heavy atom. The molecule has 0 aliphatic carbocycles. The van der Waals surface area contributed by atoms with Gasteiger partial charge < -0.3 is 0 Å². The molecule has 0 unspecified atom stereocenters. The maximum atomic E-state index is 12.9. The number of rotatable bonds is 1. The summed E-state index contributed by atoms with van der Waals surface area (Å²) in [6.07, 6.45) is 0. The van der Waals surface area contributed by atoms with E-state index in [4.69, 9.17) is 0 Å². The van der Waals surface area contributed by atoms with Crippen molar-refractivity contribution in [2.45, 2.75) is 33.7 Å². The Balaban J connectivity index is 0.000000686. The summed E-state index contributed by atoms with van der Waals surface area (Å²) in [5.41, 5.74) is 0.448. The Kier molecular flexibility index (Phi) is 3.99. The van der Waals surface area contributed by atoms with Gasteiger partial charge in [0.05, 0.1) is 11.1 Å². The quantitative estimate of drug-likeness (QED) is 0.704. The highest BCUT2D eigenvalue weighted by atomic mass is 19.1. The maximum absolute atomic E-state index is 12.9. The topological polar surface area (TPSA) is 37.4 Å². The van der Waals surface area contributed by atoms with Crippen LogP contribution in [-0.2, 0) is 0 Å². The normalized spacial score (nSPS) is 13.6. The second-order valence-electron chi connectivity index (χ2n) is 3.76. The standard InChI is InChI=1S/C11H10FNO2.C2H6/c1-6(2)13-10(14)8-4-3-7(12)5-9(8)11(13)15;1-2/h3-6H,1-2H3;1-2H3. The first-order valence-electron chi connectivity index (χ1n) is 5.70. The zero-order chi connectivity index (χ0) is 13.2. The lowest BCUT2D eigenvalue weighted by atomic mass is 10.1. The van der Waals surface area contributed by atoms with Crippen LogP contribution in [0, 0.1) is 5.82 Å². The minimum atomic E-state index is -0.500. The zero-order valence-corrected chi connectivity index (χ0v) is 10.5. The number of hydrogen-bond acceptors (Lipinski definition) is 2. The molecule has 4 heteroatoms. The highest BCUT2D eigenvalue weighted by Gasteiger charge is 2.37. The van der Waals surface area contributed by atoms with Crippen LogP contribution in [0.1, 0.15) is 48.4 Å². The van der Waals surface area contributed by atoms with Crippen molar-refractivity contribution in [3.05, 3.63) is 35.1 Å². The molecule has 17 heavy (non-hydrogen) atoms. The minimum absolute atomic E-state index is 0.161. The molecule has 1 aliphatic heterocycles. The lowest BCUT2D eigenvalue weighted by molar-refractivity contribution is 0.0609. The SMILES string of the molecule is CC.CC(C)N1C(=O)c2ccc(F)cc2C1=O. The predicted molar refractivity (Wildman–Crippen MR) is 63.4 cm³/mol. The summed E-state index contributed by atoms with van der Waals surface area (Å²) >= 11 is 0. The van der Waals surface area contributed by atoms with Crippen molar-refractivity contribution in [3.8, 4) is 0 Å². The molecule has 0 spiro atoms. The van der Waals surface area contributed by atoms with Crippen molar-refractivity contribution in [3.63, 3.8) is 0 Å². The first-order valence-corrected chi connectivity index (χ1v) is 5.70. The van der Waals surface area contributed by atoms with Crippen LogP contribution in [-0.4, -0.2) is 22.8 Å². The average molecular weight is 237 g/mol. The molecule has 2 amide bonds. The fourth-order valence-electron chi connectivity index (χ4n) is 1.70. The lowest BCUT2D eigenvalue weighted by Gasteiger charge is -2.17. The fourth-order valence-corrected chi connectivity index (χ4v) is 1.70. The molecule has 2 rings (SSSR count). The third-order valence-corrected chi connectivity index (χ3v) is 2.40. The number of amides is 2. The van der Waals surface area contributed by atoms with Crippen LogP contribution in [0.3, 0.4) is 0 Å². The Bertz CT molecular complexity index is 455. The van der Waals surface area contributed by atoms with Gasteiger partial charge in [0.25, 0.3) is 11.8 Å². The van der Waals surface area contributed by atoms with Gasteiger partial charge in [-0.3, -0.25) is 14.5 Å².